The van der Waals surface area contributed by atoms with E-state index in [1.54, 1.807) is 6.20 Å². The summed E-state index contributed by atoms with van der Waals surface area (Å²) in [6.07, 6.45) is 4.11. The van der Waals surface area contributed by atoms with E-state index in [4.69, 9.17) is 11.6 Å². The summed E-state index contributed by atoms with van der Waals surface area (Å²) < 4.78 is 3.84. The number of halogens is 1. The quantitative estimate of drug-likeness (QED) is 0.922. The van der Waals surface area contributed by atoms with E-state index in [1.807, 2.05) is 12.1 Å². The van der Waals surface area contributed by atoms with Crippen LogP contribution in [0.3, 0.4) is 0 Å². The van der Waals surface area contributed by atoms with Crippen LogP contribution < -0.4 is 5.32 Å². The zero-order chi connectivity index (χ0) is 11.7. The van der Waals surface area contributed by atoms with E-state index in [-0.39, 0.29) is 0 Å². The highest BCUT2D eigenvalue weighted by molar-refractivity contribution is 7.09. The highest BCUT2D eigenvalue weighted by Gasteiger charge is 2.30. The molecule has 1 aliphatic carbocycles. The van der Waals surface area contributed by atoms with Crippen molar-refractivity contribution in [1.29, 1.82) is 0 Å². The summed E-state index contributed by atoms with van der Waals surface area (Å²) in [7, 11) is 0. The lowest BCUT2D eigenvalue weighted by Crippen LogP contribution is -2.33. The van der Waals surface area contributed by atoms with E-state index in [0.29, 0.717) is 12.0 Å². The lowest BCUT2D eigenvalue weighted by molar-refractivity contribution is 0.375. The molecule has 0 atom stereocenters. The molecule has 5 heteroatoms. The first-order valence-corrected chi connectivity index (χ1v) is 6.76. The second-order valence-electron chi connectivity index (χ2n) is 4.34. The van der Waals surface area contributed by atoms with E-state index in [9.17, 15) is 0 Å². The molecule has 88 valence electrons. The van der Waals surface area contributed by atoms with E-state index < -0.39 is 0 Å². The zero-order valence-corrected chi connectivity index (χ0v) is 10.7. The number of aromatic nitrogens is 2. The van der Waals surface area contributed by atoms with E-state index in [1.165, 1.54) is 29.9 Å². The van der Waals surface area contributed by atoms with Crippen LogP contribution in [-0.4, -0.2) is 15.6 Å². The Bertz CT molecular complexity index is 477. The van der Waals surface area contributed by atoms with Crippen LogP contribution >= 0.6 is 23.1 Å². The Balaban J connectivity index is 1.56. The van der Waals surface area contributed by atoms with Crippen LogP contribution in [0.2, 0.25) is 5.02 Å². The van der Waals surface area contributed by atoms with Crippen molar-refractivity contribution in [3.63, 3.8) is 0 Å². The zero-order valence-electron chi connectivity index (χ0n) is 9.14. The number of benzene rings is 1. The summed E-state index contributed by atoms with van der Waals surface area (Å²) in [6, 6.07) is 8.72. The molecule has 0 aliphatic heterocycles. The molecular weight excluding hydrogens is 254 g/mol. The molecule has 2 aromatic rings. The minimum absolute atomic E-state index is 0.554. The second kappa shape index (κ2) is 4.63. The molecule has 0 spiro atoms. The molecule has 1 aromatic heterocycles. The number of anilines is 1. The van der Waals surface area contributed by atoms with Gasteiger partial charge < -0.3 is 5.32 Å². The number of hydrogen-bond acceptors (Lipinski definition) is 4. The molecule has 0 amide bonds. The van der Waals surface area contributed by atoms with Crippen molar-refractivity contribution in [2.24, 2.45) is 0 Å². The molecule has 1 aliphatic rings. The maximum absolute atomic E-state index is 5.88. The van der Waals surface area contributed by atoms with Crippen molar-refractivity contribution in [2.75, 3.05) is 5.32 Å². The predicted octanol–water partition coefficient (Wildman–Crippen LogP) is 3.55. The van der Waals surface area contributed by atoms with Gasteiger partial charge in [0.2, 0.25) is 0 Å². The average Bonchev–Trinajstić information content (AvgIpc) is 2.77. The Morgan fingerprint density at radius 1 is 1.24 bits per heavy atom. The Hall–Kier alpha value is -1.13. The van der Waals surface area contributed by atoms with Gasteiger partial charge in [-0.15, -0.1) is 5.10 Å². The van der Waals surface area contributed by atoms with Gasteiger partial charge in [-0.2, -0.15) is 0 Å². The molecule has 1 heterocycles. The summed E-state index contributed by atoms with van der Waals surface area (Å²) in [5, 5.41) is 9.11. The van der Waals surface area contributed by atoms with E-state index in [2.05, 4.69) is 27.0 Å². The van der Waals surface area contributed by atoms with Gasteiger partial charge >= 0.3 is 0 Å². The molecule has 0 saturated heterocycles. The van der Waals surface area contributed by atoms with Crippen molar-refractivity contribution < 1.29 is 0 Å². The van der Waals surface area contributed by atoms with Gasteiger partial charge in [-0.25, -0.2) is 0 Å². The second-order valence-corrected chi connectivity index (χ2v) is 5.57. The smallest absolute Gasteiger partial charge is 0.130 e. The molecule has 0 radical (unpaired) electrons. The van der Waals surface area contributed by atoms with Gasteiger partial charge in [-0.1, -0.05) is 28.2 Å². The van der Waals surface area contributed by atoms with Crippen molar-refractivity contribution in [3.8, 4) is 0 Å². The molecule has 3 nitrogen and oxygen atoms in total. The fourth-order valence-corrected chi connectivity index (χ4v) is 2.80. The first-order chi connectivity index (χ1) is 8.31. The normalized spacial score (nSPS) is 23.1. The largest absolute Gasteiger partial charge is 0.372 e. The molecule has 0 bridgehead atoms. The van der Waals surface area contributed by atoms with Crippen LogP contribution in [0.15, 0.2) is 30.5 Å². The minimum atomic E-state index is 0.554. The first kappa shape index (κ1) is 11.0. The first-order valence-electron chi connectivity index (χ1n) is 5.60. The lowest BCUT2D eigenvalue weighted by Gasteiger charge is -2.36. The maximum Gasteiger partial charge on any atom is 0.130 e. The number of rotatable bonds is 3. The Kier molecular flexibility index (Phi) is 2.99. The average molecular weight is 266 g/mol. The molecule has 1 N–H and O–H groups in total. The summed E-state index contributed by atoms with van der Waals surface area (Å²) in [5.74, 6) is 0.658. The van der Waals surface area contributed by atoms with Crippen molar-refractivity contribution >= 4 is 28.1 Å². The SMILES string of the molecule is Clc1ccc(C2CC(Nc3cnns3)C2)cc1. The number of nitrogens with one attached hydrogen (secondary N) is 1. The number of hydrogen-bond donors (Lipinski definition) is 1. The summed E-state index contributed by atoms with van der Waals surface area (Å²) in [6.45, 7) is 0. The van der Waals surface area contributed by atoms with Crippen LogP contribution in [-0.2, 0) is 0 Å². The van der Waals surface area contributed by atoms with E-state index in [0.717, 1.165) is 10.0 Å². The third-order valence-corrected chi connectivity index (χ3v) is 4.04. The Labute approximate surface area is 109 Å². The topological polar surface area (TPSA) is 37.8 Å². The van der Waals surface area contributed by atoms with Gasteiger partial charge in [0.05, 0.1) is 6.20 Å². The van der Waals surface area contributed by atoms with Gasteiger partial charge in [-0.3, -0.25) is 0 Å². The van der Waals surface area contributed by atoms with Crippen molar-refractivity contribution in [2.45, 2.75) is 24.8 Å². The molecule has 3 rings (SSSR count). The van der Waals surface area contributed by atoms with Crippen LogP contribution in [0.4, 0.5) is 5.00 Å². The standard InChI is InChI=1S/C12H12ClN3S/c13-10-3-1-8(2-4-10)9-5-11(6-9)15-12-7-14-16-17-12/h1-4,7,9,11,15H,5-6H2. The predicted molar refractivity (Wildman–Crippen MR) is 70.7 cm³/mol. The third-order valence-electron chi connectivity index (χ3n) is 3.19. The van der Waals surface area contributed by atoms with Crippen LogP contribution in [0.1, 0.15) is 24.3 Å². The lowest BCUT2D eigenvalue weighted by atomic mass is 9.76. The third kappa shape index (κ3) is 2.42. The fraction of sp³-hybridized carbons (Fsp3) is 0.333. The highest BCUT2D eigenvalue weighted by Crippen LogP contribution is 2.38. The Morgan fingerprint density at radius 2 is 2.00 bits per heavy atom. The Morgan fingerprint density at radius 3 is 2.65 bits per heavy atom. The van der Waals surface area contributed by atoms with Gasteiger partial charge in [0.1, 0.15) is 5.00 Å². The van der Waals surface area contributed by atoms with Crippen LogP contribution in [0.5, 0.6) is 0 Å². The van der Waals surface area contributed by atoms with Gasteiger partial charge in [0.25, 0.3) is 0 Å². The molecular formula is C12H12ClN3S. The summed E-state index contributed by atoms with van der Waals surface area (Å²) >= 11 is 7.29. The summed E-state index contributed by atoms with van der Waals surface area (Å²) in [4.78, 5) is 0. The van der Waals surface area contributed by atoms with Crippen molar-refractivity contribution in [3.05, 3.63) is 41.0 Å². The summed E-state index contributed by atoms with van der Waals surface area (Å²) in [5.41, 5.74) is 1.38. The molecule has 1 aromatic carbocycles. The monoisotopic (exact) mass is 265 g/mol. The van der Waals surface area contributed by atoms with Crippen LogP contribution in [0.25, 0.3) is 0 Å². The molecule has 0 unspecified atom stereocenters. The highest BCUT2D eigenvalue weighted by atomic mass is 35.5. The maximum atomic E-state index is 5.88. The molecule has 1 fully saturated rings. The van der Waals surface area contributed by atoms with Gasteiger partial charge in [-0.05, 0) is 36.5 Å². The van der Waals surface area contributed by atoms with Gasteiger partial charge in [0, 0.05) is 22.6 Å². The molecule has 17 heavy (non-hydrogen) atoms. The minimum Gasteiger partial charge on any atom is -0.372 e. The van der Waals surface area contributed by atoms with Crippen LogP contribution in [0, 0.1) is 0 Å². The molecule has 1 saturated carbocycles. The van der Waals surface area contributed by atoms with Gasteiger partial charge in [0.15, 0.2) is 0 Å². The number of nitrogens with zero attached hydrogens (tertiary/aromatic N) is 2. The van der Waals surface area contributed by atoms with Crippen molar-refractivity contribution in [1.82, 2.24) is 9.59 Å². The fourth-order valence-electron chi connectivity index (χ4n) is 2.17. The van der Waals surface area contributed by atoms with E-state index >= 15 is 0 Å².